The highest BCUT2D eigenvalue weighted by Crippen LogP contribution is 2.33. The van der Waals surface area contributed by atoms with Crippen molar-refractivity contribution in [3.8, 4) is 0 Å². The lowest BCUT2D eigenvalue weighted by Gasteiger charge is -2.28. The van der Waals surface area contributed by atoms with Crippen LogP contribution in [0.2, 0.25) is 0 Å². The van der Waals surface area contributed by atoms with Gasteiger partial charge in [-0.2, -0.15) is 4.31 Å². The smallest absolute Gasteiger partial charge is 0.264 e. The van der Waals surface area contributed by atoms with Gasteiger partial charge in [-0.3, -0.25) is 19.2 Å². The van der Waals surface area contributed by atoms with Crippen molar-refractivity contribution >= 4 is 38.4 Å². The molecule has 3 unspecified atom stereocenters. The summed E-state index contributed by atoms with van der Waals surface area (Å²) in [7, 11) is -4.29. The second kappa shape index (κ2) is 10.7. The third-order valence-electron chi connectivity index (χ3n) is 7.07. The molecule has 2 saturated heterocycles. The van der Waals surface area contributed by atoms with Gasteiger partial charge in [-0.1, -0.05) is 45.4 Å². The molecule has 0 aromatic heterocycles. The van der Waals surface area contributed by atoms with Crippen molar-refractivity contribution < 1.29 is 27.6 Å². The van der Waals surface area contributed by atoms with Crippen molar-refractivity contribution in [2.24, 2.45) is 4.99 Å². The topological polar surface area (TPSA) is 133 Å². The number of rotatable bonds is 7. The highest BCUT2D eigenvalue weighted by Gasteiger charge is 2.55. The number of ketones is 2. The zero-order valence-corrected chi connectivity index (χ0v) is 22.0. The second-order valence-electron chi connectivity index (χ2n) is 9.89. The van der Waals surface area contributed by atoms with Gasteiger partial charge in [0.1, 0.15) is 12.1 Å². The number of carbonyl (C=O) groups excluding carboxylic acids is 4. The van der Waals surface area contributed by atoms with E-state index in [0.717, 1.165) is 9.87 Å². The molecule has 2 amide bonds. The van der Waals surface area contributed by atoms with Crippen molar-refractivity contribution in [2.45, 2.75) is 70.5 Å². The Balaban J connectivity index is 1.51. The fraction of sp³-hybridized carbons (Fsp3) is 0.500. The molecule has 11 heteroatoms. The highest BCUT2D eigenvalue weighted by molar-refractivity contribution is 8.06. The van der Waals surface area contributed by atoms with Crippen molar-refractivity contribution in [3.63, 3.8) is 0 Å². The number of sulfonamides is 1. The first kappa shape index (κ1) is 26.9. The summed E-state index contributed by atoms with van der Waals surface area (Å²) < 4.78 is 27.4. The minimum absolute atomic E-state index is 0.0723. The molecule has 3 heterocycles. The first-order valence-corrected chi connectivity index (χ1v) is 14.0. The van der Waals surface area contributed by atoms with Crippen molar-refractivity contribution in [1.82, 2.24) is 14.5 Å². The van der Waals surface area contributed by atoms with Gasteiger partial charge in [-0.25, -0.2) is 13.4 Å². The lowest BCUT2D eigenvalue weighted by atomic mass is 10.0. The predicted molar refractivity (Wildman–Crippen MR) is 137 cm³/mol. The third-order valence-corrected chi connectivity index (χ3v) is 8.91. The Morgan fingerprint density at radius 2 is 1.86 bits per heavy atom. The van der Waals surface area contributed by atoms with E-state index in [0.29, 0.717) is 24.3 Å². The molecule has 0 aliphatic carbocycles. The summed E-state index contributed by atoms with van der Waals surface area (Å²) in [5.41, 5.74) is 1.52. The van der Waals surface area contributed by atoms with Gasteiger partial charge >= 0.3 is 0 Å². The zero-order valence-electron chi connectivity index (χ0n) is 21.2. The summed E-state index contributed by atoms with van der Waals surface area (Å²) in [6, 6.07) is 4.61. The summed E-state index contributed by atoms with van der Waals surface area (Å²) in [5.74, 6) is -1.52. The number of amides is 2. The van der Waals surface area contributed by atoms with Gasteiger partial charge in [-0.15, -0.1) is 0 Å². The van der Waals surface area contributed by atoms with E-state index < -0.39 is 57.2 Å². The number of allylic oxidation sites excluding steroid dienone is 1. The Bertz CT molecular complexity index is 1270. The van der Waals surface area contributed by atoms with Crippen LogP contribution in [0.25, 0.3) is 0 Å². The summed E-state index contributed by atoms with van der Waals surface area (Å²) >= 11 is 0. The number of nitrogens with zero attached hydrogens (tertiary/aromatic N) is 3. The standard InChI is InChI=1S/C26H32N4O6S/c1-4-6-19(28-24(33)18-10-8-17(9-11-18)16(2)3)26(34)29-14-12-20-23(29)22(32)15-30(20)37(35,36)25-21(31)7-5-13-27-25/h5,8-11,13,16,19-20,23H,4,6-7,12,14-15H2,1-3H3,(H,28,33). The zero-order chi connectivity index (χ0) is 26.9. The number of likely N-dealkylation sites (tertiary alicyclic amines) is 1. The van der Waals surface area contributed by atoms with E-state index >= 15 is 0 Å². The van der Waals surface area contributed by atoms with Crippen molar-refractivity contribution in [2.75, 3.05) is 13.1 Å². The minimum atomic E-state index is -4.29. The Kier molecular flexibility index (Phi) is 7.75. The molecule has 3 atom stereocenters. The molecule has 0 spiro atoms. The summed E-state index contributed by atoms with van der Waals surface area (Å²) in [6.45, 7) is 5.75. The first-order valence-electron chi connectivity index (χ1n) is 12.6. The number of aliphatic imine (C=N–C) groups is 1. The summed E-state index contributed by atoms with van der Waals surface area (Å²) in [4.78, 5) is 56.8. The van der Waals surface area contributed by atoms with Crippen LogP contribution in [0.1, 0.15) is 68.3 Å². The molecule has 1 aromatic carbocycles. The van der Waals surface area contributed by atoms with Crippen LogP contribution in [0, 0.1) is 0 Å². The van der Waals surface area contributed by atoms with Crippen LogP contribution < -0.4 is 5.32 Å². The molecule has 198 valence electrons. The van der Waals surface area contributed by atoms with E-state index in [9.17, 15) is 27.6 Å². The molecular weight excluding hydrogens is 496 g/mol. The van der Waals surface area contributed by atoms with Crippen LogP contribution in [0.5, 0.6) is 0 Å². The van der Waals surface area contributed by atoms with Crippen LogP contribution in [-0.4, -0.2) is 77.3 Å². The Morgan fingerprint density at radius 3 is 2.49 bits per heavy atom. The number of carbonyl (C=O) groups is 4. The van der Waals surface area contributed by atoms with Crippen LogP contribution >= 0.6 is 0 Å². The quantitative estimate of drug-likeness (QED) is 0.574. The Morgan fingerprint density at radius 1 is 1.16 bits per heavy atom. The maximum absolute atomic E-state index is 13.5. The minimum Gasteiger partial charge on any atom is -0.340 e. The van der Waals surface area contributed by atoms with Gasteiger partial charge in [0.25, 0.3) is 15.9 Å². The highest BCUT2D eigenvalue weighted by atomic mass is 32.2. The van der Waals surface area contributed by atoms with Gasteiger partial charge in [0.05, 0.1) is 12.6 Å². The van der Waals surface area contributed by atoms with Gasteiger partial charge in [-0.05, 0) is 36.5 Å². The van der Waals surface area contributed by atoms with E-state index in [2.05, 4.69) is 24.2 Å². The predicted octanol–water partition coefficient (Wildman–Crippen LogP) is 1.78. The molecule has 0 radical (unpaired) electrons. The molecule has 37 heavy (non-hydrogen) atoms. The van der Waals surface area contributed by atoms with Gasteiger partial charge in [0.15, 0.2) is 11.6 Å². The van der Waals surface area contributed by atoms with E-state index in [1.165, 1.54) is 17.2 Å². The number of Topliss-reactive ketones (excluding diaryl/α,β-unsaturated/α-hetero) is 2. The SMILES string of the molecule is CCCC(NC(=O)c1ccc(C(C)C)cc1)C(=O)N1CCC2C1C(=O)CN2S(=O)(=O)C1=NC=CCC1=O. The molecular formula is C26H32N4O6S. The molecule has 1 N–H and O–H groups in total. The number of hydrogen-bond donors (Lipinski definition) is 1. The molecule has 4 rings (SSSR count). The van der Waals surface area contributed by atoms with E-state index in [1.54, 1.807) is 12.1 Å². The Hall–Kier alpha value is -3.18. The average molecular weight is 529 g/mol. The first-order chi connectivity index (χ1) is 17.6. The second-order valence-corrected chi connectivity index (χ2v) is 11.7. The van der Waals surface area contributed by atoms with E-state index in [-0.39, 0.29) is 25.3 Å². The normalized spacial score (nSPS) is 22.8. The van der Waals surface area contributed by atoms with Crippen molar-refractivity contribution in [1.29, 1.82) is 0 Å². The van der Waals surface area contributed by atoms with Crippen LogP contribution in [0.3, 0.4) is 0 Å². The Labute approximate surface area is 216 Å². The monoisotopic (exact) mass is 528 g/mol. The van der Waals surface area contributed by atoms with Gasteiger partial charge in [0, 0.05) is 24.7 Å². The molecule has 10 nitrogen and oxygen atoms in total. The summed E-state index contributed by atoms with van der Waals surface area (Å²) in [6.07, 6.45) is 3.91. The molecule has 3 aliphatic heterocycles. The van der Waals surface area contributed by atoms with E-state index in [1.807, 2.05) is 19.1 Å². The molecule has 0 bridgehead atoms. The largest absolute Gasteiger partial charge is 0.340 e. The number of benzene rings is 1. The van der Waals surface area contributed by atoms with Gasteiger partial charge < -0.3 is 10.2 Å². The maximum Gasteiger partial charge on any atom is 0.264 e. The van der Waals surface area contributed by atoms with Crippen molar-refractivity contribution in [3.05, 3.63) is 47.7 Å². The number of fused-ring (bicyclic) bond motifs is 1. The van der Waals surface area contributed by atoms with E-state index in [4.69, 9.17) is 0 Å². The van der Waals surface area contributed by atoms with Gasteiger partial charge in [0.2, 0.25) is 11.0 Å². The summed E-state index contributed by atoms with van der Waals surface area (Å²) in [5, 5.41) is 2.23. The lowest BCUT2D eigenvalue weighted by Crippen LogP contribution is -2.52. The van der Waals surface area contributed by atoms with Crippen LogP contribution in [0.15, 0.2) is 41.5 Å². The average Bonchev–Trinajstić information content (AvgIpc) is 3.45. The number of nitrogens with one attached hydrogen (secondary N) is 1. The molecule has 2 fully saturated rings. The fourth-order valence-corrected chi connectivity index (χ4v) is 6.77. The maximum atomic E-state index is 13.5. The molecule has 3 aliphatic rings. The fourth-order valence-electron chi connectivity index (χ4n) is 5.11. The lowest BCUT2D eigenvalue weighted by molar-refractivity contribution is -0.138. The molecule has 0 saturated carbocycles. The third kappa shape index (κ3) is 5.15. The molecule has 1 aromatic rings. The number of hydrogen-bond acceptors (Lipinski definition) is 7. The van der Waals surface area contributed by atoms with Crippen LogP contribution in [-0.2, 0) is 24.4 Å². The van der Waals surface area contributed by atoms with Crippen LogP contribution in [0.4, 0.5) is 0 Å².